The number of ether oxygens (including phenoxy) is 2. The average molecular weight is 385 g/mol. The van der Waals surface area contributed by atoms with E-state index in [1.165, 1.54) is 0 Å². The van der Waals surface area contributed by atoms with Gasteiger partial charge in [-0.15, -0.1) is 0 Å². The normalized spacial score (nSPS) is 10.6. The SMILES string of the molecule is Nc1c(OCc2ccccc2)nc2ccccc2c1NCCOc1ccccc1. The monoisotopic (exact) mass is 385 g/mol. The zero-order valence-corrected chi connectivity index (χ0v) is 16.0. The van der Waals surface area contributed by atoms with Crippen molar-refractivity contribution in [1.29, 1.82) is 0 Å². The van der Waals surface area contributed by atoms with E-state index in [1.807, 2.05) is 84.9 Å². The van der Waals surface area contributed by atoms with Crippen LogP contribution in [0, 0.1) is 0 Å². The molecule has 5 heteroatoms. The van der Waals surface area contributed by atoms with Gasteiger partial charge in [-0.2, -0.15) is 0 Å². The molecule has 0 spiro atoms. The van der Waals surface area contributed by atoms with E-state index >= 15 is 0 Å². The third-order valence-electron chi connectivity index (χ3n) is 4.53. The van der Waals surface area contributed by atoms with Crippen molar-refractivity contribution in [2.75, 3.05) is 24.2 Å². The largest absolute Gasteiger partial charge is 0.492 e. The van der Waals surface area contributed by atoms with E-state index < -0.39 is 0 Å². The van der Waals surface area contributed by atoms with Crippen LogP contribution in [0.25, 0.3) is 10.9 Å². The molecule has 146 valence electrons. The molecule has 0 fully saturated rings. The average Bonchev–Trinajstić information content (AvgIpc) is 2.78. The molecule has 0 aliphatic heterocycles. The van der Waals surface area contributed by atoms with Gasteiger partial charge in [0.2, 0.25) is 5.88 Å². The lowest BCUT2D eigenvalue weighted by atomic mass is 10.1. The molecule has 5 nitrogen and oxygen atoms in total. The summed E-state index contributed by atoms with van der Waals surface area (Å²) in [5.41, 5.74) is 9.62. The number of aromatic nitrogens is 1. The van der Waals surface area contributed by atoms with E-state index in [9.17, 15) is 0 Å². The topological polar surface area (TPSA) is 69.4 Å². The van der Waals surface area contributed by atoms with Gasteiger partial charge in [-0.25, -0.2) is 4.98 Å². The molecule has 1 aromatic heterocycles. The summed E-state index contributed by atoms with van der Waals surface area (Å²) in [6, 6.07) is 27.6. The first kappa shape index (κ1) is 18.6. The minimum Gasteiger partial charge on any atom is -0.492 e. The number of rotatable bonds is 8. The van der Waals surface area contributed by atoms with E-state index in [0.29, 0.717) is 31.3 Å². The van der Waals surface area contributed by atoms with Crippen molar-refractivity contribution in [3.8, 4) is 11.6 Å². The number of fused-ring (bicyclic) bond motifs is 1. The number of hydrogen-bond donors (Lipinski definition) is 2. The molecule has 0 amide bonds. The highest BCUT2D eigenvalue weighted by molar-refractivity contribution is 5.98. The lowest BCUT2D eigenvalue weighted by Gasteiger charge is -2.16. The lowest BCUT2D eigenvalue weighted by molar-refractivity contribution is 0.297. The summed E-state index contributed by atoms with van der Waals surface area (Å²) in [5.74, 6) is 1.27. The number of pyridine rings is 1. The van der Waals surface area contributed by atoms with Gasteiger partial charge in [-0.3, -0.25) is 0 Å². The van der Waals surface area contributed by atoms with Crippen molar-refractivity contribution in [3.05, 3.63) is 90.5 Å². The van der Waals surface area contributed by atoms with Crippen LogP contribution >= 0.6 is 0 Å². The second kappa shape index (κ2) is 8.97. The standard InChI is InChI=1S/C24H23N3O2/c25-22-23(26-15-16-28-19-11-5-2-6-12-19)20-13-7-8-14-21(20)27-24(22)29-17-18-9-3-1-4-10-18/h1-14H,15-17,25H2,(H,26,27). The number of nitrogens with zero attached hydrogens (tertiary/aromatic N) is 1. The highest BCUT2D eigenvalue weighted by Crippen LogP contribution is 2.35. The molecular weight excluding hydrogens is 362 g/mol. The van der Waals surface area contributed by atoms with Gasteiger partial charge in [0.25, 0.3) is 0 Å². The fourth-order valence-electron chi connectivity index (χ4n) is 3.09. The summed E-state index contributed by atoms with van der Waals surface area (Å²) >= 11 is 0. The quantitative estimate of drug-likeness (QED) is 0.423. The Morgan fingerprint density at radius 1 is 0.793 bits per heavy atom. The summed E-state index contributed by atoms with van der Waals surface area (Å²) in [4.78, 5) is 4.61. The van der Waals surface area contributed by atoms with Gasteiger partial charge in [-0.05, 0) is 23.8 Å². The lowest BCUT2D eigenvalue weighted by Crippen LogP contribution is -2.14. The third-order valence-corrected chi connectivity index (χ3v) is 4.53. The minimum atomic E-state index is 0.410. The minimum absolute atomic E-state index is 0.410. The molecule has 1 heterocycles. The predicted octanol–water partition coefficient (Wildman–Crippen LogP) is 4.89. The molecule has 0 aliphatic carbocycles. The number of benzene rings is 3. The molecule has 0 aliphatic rings. The summed E-state index contributed by atoms with van der Waals surface area (Å²) in [5, 5.41) is 4.35. The summed E-state index contributed by atoms with van der Waals surface area (Å²) < 4.78 is 11.7. The first-order valence-electron chi connectivity index (χ1n) is 9.58. The zero-order chi connectivity index (χ0) is 19.9. The maximum atomic E-state index is 6.42. The van der Waals surface area contributed by atoms with Crippen molar-refractivity contribution in [1.82, 2.24) is 4.98 Å². The number of nitrogens with one attached hydrogen (secondary N) is 1. The maximum absolute atomic E-state index is 6.42. The fraction of sp³-hybridized carbons (Fsp3) is 0.125. The molecule has 0 saturated carbocycles. The van der Waals surface area contributed by atoms with Crippen molar-refractivity contribution in [2.24, 2.45) is 0 Å². The van der Waals surface area contributed by atoms with Crippen molar-refractivity contribution in [2.45, 2.75) is 6.61 Å². The van der Waals surface area contributed by atoms with Crippen LogP contribution in [0.15, 0.2) is 84.9 Å². The van der Waals surface area contributed by atoms with E-state index in [-0.39, 0.29) is 0 Å². The molecule has 0 radical (unpaired) electrons. The van der Waals surface area contributed by atoms with Gasteiger partial charge in [0.05, 0.1) is 11.2 Å². The van der Waals surface area contributed by atoms with Crippen LogP contribution in [0.3, 0.4) is 0 Å². The third kappa shape index (κ3) is 4.58. The Kier molecular flexibility index (Phi) is 5.76. The second-order valence-corrected chi connectivity index (χ2v) is 6.59. The smallest absolute Gasteiger partial charge is 0.240 e. The van der Waals surface area contributed by atoms with Crippen LogP contribution in [-0.2, 0) is 6.61 Å². The molecule has 4 aromatic rings. The molecule has 0 saturated heterocycles. The highest BCUT2D eigenvalue weighted by atomic mass is 16.5. The van der Waals surface area contributed by atoms with Gasteiger partial charge >= 0.3 is 0 Å². The molecule has 4 rings (SSSR count). The van der Waals surface area contributed by atoms with Crippen LogP contribution < -0.4 is 20.5 Å². The maximum Gasteiger partial charge on any atom is 0.240 e. The van der Waals surface area contributed by atoms with Crippen LogP contribution in [0.2, 0.25) is 0 Å². The summed E-state index contributed by atoms with van der Waals surface area (Å²) in [6.45, 7) is 1.53. The number of anilines is 2. The Bertz CT molecular complexity index is 1070. The predicted molar refractivity (Wildman–Crippen MR) is 117 cm³/mol. The van der Waals surface area contributed by atoms with Gasteiger partial charge in [-0.1, -0.05) is 66.7 Å². The molecule has 3 N–H and O–H groups in total. The van der Waals surface area contributed by atoms with Crippen molar-refractivity contribution in [3.63, 3.8) is 0 Å². The van der Waals surface area contributed by atoms with E-state index in [4.69, 9.17) is 15.2 Å². The van der Waals surface area contributed by atoms with E-state index in [1.54, 1.807) is 0 Å². The molecule has 0 unspecified atom stereocenters. The summed E-state index contributed by atoms with van der Waals surface area (Å²) in [6.07, 6.45) is 0. The fourth-order valence-corrected chi connectivity index (χ4v) is 3.09. The number of nitrogens with two attached hydrogens (primary N) is 1. The Hall–Kier alpha value is -3.73. The van der Waals surface area contributed by atoms with E-state index in [2.05, 4.69) is 10.3 Å². The Morgan fingerprint density at radius 2 is 1.48 bits per heavy atom. The Morgan fingerprint density at radius 3 is 2.28 bits per heavy atom. The molecule has 3 aromatic carbocycles. The molecule has 0 bridgehead atoms. The molecular formula is C24H23N3O2. The van der Waals surface area contributed by atoms with Gasteiger partial charge in [0.15, 0.2) is 0 Å². The van der Waals surface area contributed by atoms with Crippen LogP contribution in [-0.4, -0.2) is 18.1 Å². The van der Waals surface area contributed by atoms with Crippen molar-refractivity contribution < 1.29 is 9.47 Å². The van der Waals surface area contributed by atoms with Gasteiger partial charge in [0, 0.05) is 11.9 Å². The van der Waals surface area contributed by atoms with Gasteiger partial charge < -0.3 is 20.5 Å². The number of nitrogen functional groups attached to an aromatic ring is 1. The molecule has 0 atom stereocenters. The van der Waals surface area contributed by atoms with Crippen molar-refractivity contribution >= 4 is 22.3 Å². The number of hydrogen-bond acceptors (Lipinski definition) is 5. The van der Waals surface area contributed by atoms with Gasteiger partial charge in [0.1, 0.15) is 24.7 Å². The van der Waals surface area contributed by atoms with Crippen LogP contribution in [0.1, 0.15) is 5.56 Å². The highest BCUT2D eigenvalue weighted by Gasteiger charge is 2.13. The zero-order valence-electron chi connectivity index (χ0n) is 16.0. The number of para-hydroxylation sites is 2. The molecule has 29 heavy (non-hydrogen) atoms. The van der Waals surface area contributed by atoms with Crippen LogP contribution in [0.5, 0.6) is 11.6 Å². The first-order valence-corrected chi connectivity index (χ1v) is 9.58. The Balaban J connectivity index is 1.51. The van der Waals surface area contributed by atoms with Crippen LogP contribution in [0.4, 0.5) is 11.4 Å². The first-order chi connectivity index (χ1) is 14.3. The Labute approximate surface area is 170 Å². The van der Waals surface area contributed by atoms with E-state index in [0.717, 1.165) is 27.9 Å². The second-order valence-electron chi connectivity index (χ2n) is 6.59. The summed E-state index contributed by atoms with van der Waals surface area (Å²) in [7, 11) is 0.